The number of hydrogen-bond acceptors (Lipinski definition) is 5. The minimum absolute atomic E-state index is 0.0771. The zero-order chi connectivity index (χ0) is 25.0. The van der Waals surface area contributed by atoms with Crippen molar-refractivity contribution in [1.82, 2.24) is 14.8 Å². The van der Waals surface area contributed by atoms with E-state index in [2.05, 4.69) is 26.7 Å². The molecule has 4 aromatic rings. The van der Waals surface area contributed by atoms with E-state index in [0.29, 0.717) is 29.9 Å². The van der Waals surface area contributed by atoms with Crippen LogP contribution in [0.1, 0.15) is 22.3 Å². The Morgan fingerprint density at radius 3 is 2.42 bits per heavy atom. The summed E-state index contributed by atoms with van der Waals surface area (Å²) in [5.74, 6) is -0.0771. The Morgan fingerprint density at radius 2 is 1.61 bits per heavy atom. The molecule has 0 radical (unpaired) electrons. The summed E-state index contributed by atoms with van der Waals surface area (Å²) in [5, 5.41) is 0.846. The summed E-state index contributed by atoms with van der Waals surface area (Å²) in [6.07, 6.45) is 2.53. The summed E-state index contributed by atoms with van der Waals surface area (Å²) in [6, 6.07) is 25.5. The maximum atomic E-state index is 13.2. The third-order valence-corrected chi connectivity index (χ3v) is 7.79. The van der Waals surface area contributed by atoms with Gasteiger partial charge in [-0.2, -0.15) is 0 Å². The lowest BCUT2D eigenvalue weighted by atomic mass is 10.2. The molecule has 8 heteroatoms. The average molecular weight is 501 g/mol. The molecule has 5 rings (SSSR count). The molecule has 2 heterocycles. The summed E-state index contributed by atoms with van der Waals surface area (Å²) < 4.78 is 28.7. The van der Waals surface area contributed by atoms with Crippen molar-refractivity contribution in [2.45, 2.75) is 17.9 Å². The fourth-order valence-electron chi connectivity index (χ4n) is 4.52. The number of fused-ring (bicyclic) bond motifs is 1. The number of nitrogens with zero attached hydrogens (tertiary/aromatic N) is 3. The van der Waals surface area contributed by atoms with Crippen LogP contribution in [0.25, 0.3) is 10.9 Å². The van der Waals surface area contributed by atoms with Crippen molar-refractivity contribution < 1.29 is 13.2 Å². The lowest BCUT2D eigenvalue weighted by Gasteiger charge is -2.22. The van der Waals surface area contributed by atoms with Gasteiger partial charge in [-0.15, -0.1) is 0 Å². The van der Waals surface area contributed by atoms with E-state index < -0.39 is 10.0 Å². The first kappa shape index (κ1) is 24.0. The van der Waals surface area contributed by atoms with Gasteiger partial charge in [0.05, 0.1) is 16.1 Å². The molecule has 0 saturated carbocycles. The number of carbonyl (C=O) groups is 1. The summed E-state index contributed by atoms with van der Waals surface area (Å²) in [6.45, 7) is 3.93. The third kappa shape index (κ3) is 5.40. The molecule has 3 aromatic carbocycles. The number of nitrogens with one attached hydrogen (secondary N) is 1. The zero-order valence-electron chi connectivity index (χ0n) is 19.9. The number of hydrogen-bond donors (Lipinski definition) is 1. The van der Waals surface area contributed by atoms with Gasteiger partial charge in [0.1, 0.15) is 0 Å². The Kier molecular flexibility index (Phi) is 6.97. The fraction of sp³-hybridized carbons (Fsp3) is 0.214. The molecule has 1 aliphatic heterocycles. The molecule has 7 nitrogen and oxygen atoms in total. The van der Waals surface area contributed by atoms with E-state index in [4.69, 9.17) is 0 Å². The minimum Gasteiger partial charge on any atom is -0.337 e. The number of para-hydroxylation sites is 1. The first-order chi connectivity index (χ1) is 17.5. The van der Waals surface area contributed by atoms with Crippen LogP contribution in [0, 0.1) is 0 Å². The molecule has 0 unspecified atom stereocenters. The molecule has 1 aromatic heterocycles. The van der Waals surface area contributed by atoms with Crippen molar-refractivity contribution >= 4 is 32.5 Å². The number of benzene rings is 3. The topological polar surface area (TPSA) is 82.6 Å². The Balaban J connectivity index is 1.25. The molecule has 0 bridgehead atoms. The van der Waals surface area contributed by atoms with Crippen LogP contribution in [-0.2, 0) is 16.6 Å². The summed E-state index contributed by atoms with van der Waals surface area (Å²) in [4.78, 5) is 21.8. The van der Waals surface area contributed by atoms with Gasteiger partial charge in [0.15, 0.2) is 0 Å². The second-order valence-electron chi connectivity index (χ2n) is 8.92. The van der Waals surface area contributed by atoms with E-state index in [9.17, 15) is 13.2 Å². The normalized spacial score (nSPS) is 14.9. The number of sulfonamides is 1. The van der Waals surface area contributed by atoms with Gasteiger partial charge in [0, 0.05) is 49.9 Å². The number of aromatic nitrogens is 1. The molecule has 0 spiro atoms. The van der Waals surface area contributed by atoms with Crippen molar-refractivity contribution in [1.29, 1.82) is 0 Å². The first-order valence-corrected chi connectivity index (χ1v) is 13.5. The summed E-state index contributed by atoms with van der Waals surface area (Å²) >= 11 is 0. The van der Waals surface area contributed by atoms with Crippen LogP contribution < -0.4 is 4.72 Å². The largest absolute Gasteiger partial charge is 0.337 e. The fourth-order valence-corrected chi connectivity index (χ4v) is 5.59. The highest BCUT2D eigenvalue weighted by molar-refractivity contribution is 7.92. The number of pyridine rings is 1. The van der Waals surface area contributed by atoms with Crippen molar-refractivity contribution in [2.24, 2.45) is 0 Å². The SMILES string of the molecule is O=C(c1ccc(S(=O)(=O)Nc2cccc3cccnc23)cc1)N1CCCN(Cc2ccccc2)CC1. The number of anilines is 1. The molecule has 1 aliphatic rings. The lowest BCUT2D eigenvalue weighted by Crippen LogP contribution is -2.35. The van der Waals surface area contributed by atoms with Crippen molar-refractivity contribution in [2.75, 3.05) is 30.9 Å². The van der Waals surface area contributed by atoms with Crippen molar-refractivity contribution in [3.8, 4) is 0 Å². The predicted molar refractivity (Wildman–Crippen MR) is 141 cm³/mol. The van der Waals surface area contributed by atoms with Crippen LogP contribution >= 0.6 is 0 Å². The molecule has 0 atom stereocenters. The van der Waals surface area contributed by atoms with Crippen molar-refractivity contribution in [3.05, 3.63) is 102 Å². The van der Waals surface area contributed by atoms with E-state index >= 15 is 0 Å². The molecular weight excluding hydrogens is 472 g/mol. The highest BCUT2D eigenvalue weighted by Gasteiger charge is 2.22. The molecule has 1 saturated heterocycles. The second-order valence-corrected chi connectivity index (χ2v) is 10.6. The van der Waals surface area contributed by atoms with E-state index in [-0.39, 0.29) is 10.8 Å². The standard InChI is InChI=1S/C28H28N4O3S/c33-28(32-18-6-17-31(19-20-32)21-22-7-2-1-3-8-22)24-12-14-25(15-13-24)36(34,35)30-26-11-4-9-23-10-5-16-29-27(23)26/h1-5,7-16,30H,6,17-21H2. The van der Waals surface area contributed by atoms with Crippen LogP contribution in [0.2, 0.25) is 0 Å². The van der Waals surface area contributed by atoms with Gasteiger partial charge in [-0.05, 0) is 48.4 Å². The maximum Gasteiger partial charge on any atom is 0.261 e. The molecule has 36 heavy (non-hydrogen) atoms. The van der Waals surface area contributed by atoms with Crippen LogP contribution in [0.4, 0.5) is 5.69 Å². The highest BCUT2D eigenvalue weighted by Crippen LogP contribution is 2.24. The average Bonchev–Trinajstić information content (AvgIpc) is 3.14. The minimum atomic E-state index is -3.84. The van der Waals surface area contributed by atoms with Gasteiger partial charge < -0.3 is 4.90 Å². The Labute approximate surface area is 211 Å². The Morgan fingerprint density at radius 1 is 0.833 bits per heavy atom. The smallest absolute Gasteiger partial charge is 0.261 e. The summed E-state index contributed by atoms with van der Waals surface area (Å²) in [5.41, 5.74) is 2.75. The first-order valence-electron chi connectivity index (χ1n) is 12.0. The number of rotatable bonds is 6. The van der Waals surface area contributed by atoms with E-state index in [1.165, 1.54) is 17.7 Å². The highest BCUT2D eigenvalue weighted by atomic mass is 32.2. The van der Waals surface area contributed by atoms with Crippen LogP contribution in [-0.4, -0.2) is 55.3 Å². The Bertz CT molecular complexity index is 1450. The molecule has 184 valence electrons. The van der Waals surface area contributed by atoms with Gasteiger partial charge in [0.25, 0.3) is 15.9 Å². The van der Waals surface area contributed by atoms with Gasteiger partial charge in [-0.1, -0.05) is 48.5 Å². The summed E-state index contributed by atoms with van der Waals surface area (Å²) in [7, 11) is -3.84. The van der Waals surface area contributed by atoms with Gasteiger partial charge in [-0.25, -0.2) is 8.42 Å². The third-order valence-electron chi connectivity index (χ3n) is 6.41. The van der Waals surface area contributed by atoms with Gasteiger partial charge in [-0.3, -0.25) is 19.4 Å². The number of amides is 1. The lowest BCUT2D eigenvalue weighted by molar-refractivity contribution is 0.0761. The van der Waals surface area contributed by atoms with Gasteiger partial charge in [0.2, 0.25) is 0 Å². The number of carbonyl (C=O) groups excluding carboxylic acids is 1. The van der Waals surface area contributed by atoms with Crippen LogP contribution in [0.15, 0.2) is 96.0 Å². The molecule has 1 N–H and O–H groups in total. The monoisotopic (exact) mass is 500 g/mol. The van der Waals surface area contributed by atoms with Gasteiger partial charge >= 0.3 is 0 Å². The molecular formula is C28H28N4O3S. The Hall–Kier alpha value is -3.75. The quantitative estimate of drug-likeness (QED) is 0.425. The van der Waals surface area contributed by atoms with E-state index in [0.717, 1.165) is 31.4 Å². The van der Waals surface area contributed by atoms with Crippen LogP contribution in [0.5, 0.6) is 0 Å². The molecule has 0 aliphatic carbocycles. The molecule has 1 fully saturated rings. The van der Waals surface area contributed by atoms with E-state index in [1.54, 1.807) is 30.5 Å². The molecule has 1 amide bonds. The van der Waals surface area contributed by atoms with Crippen molar-refractivity contribution in [3.63, 3.8) is 0 Å². The van der Waals surface area contributed by atoms with Crippen LogP contribution in [0.3, 0.4) is 0 Å². The predicted octanol–water partition coefficient (Wildman–Crippen LogP) is 4.38. The maximum absolute atomic E-state index is 13.2. The zero-order valence-corrected chi connectivity index (χ0v) is 20.7. The second kappa shape index (κ2) is 10.5. The van der Waals surface area contributed by atoms with E-state index in [1.807, 2.05) is 41.3 Å².